The van der Waals surface area contributed by atoms with Crippen LogP contribution in [-0.4, -0.2) is 21.7 Å². The van der Waals surface area contributed by atoms with E-state index in [-0.39, 0.29) is 6.54 Å². The van der Waals surface area contributed by atoms with Gasteiger partial charge in [0.1, 0.15) is 5.82 Å². The first-order valence-electron chi connectivity index (χ1n) is 5.24. The predicted molar refractivity (Wildman–Crippen MR) is 58.1 cm³/mol. The molecule has 0 saturated heterocycles. The number of halogens is 4. The van der Waals surface area contributed by atoms with Gasteiger partial charge in [-0.25, -0.2) is 4.39 Å². The number of Topliss-reactive ketones (excluding diaryl/α,β-unsaturated/α-hetero) is 1. The molecule has 7 heteroatoms. The van der Waals surface area contributed by atoms with E-state index in [0.717, 1.165) is 12.4 Å². The fourth-order valence-corrected chi connectivity index (χ4v) is 1.51. The fourth-order valence-electron chi connectivity index (χ4n) is 1.51. The summed E-state index contributed by atoms with van der Waals surface area (Å²) in [6.07, 6.45) is -3.04. The van der Waals surface area contributed by atoms with Crippen LogP contribution in [0.1, 0.15) is 15.9 Å². The van der Waals surface area contributed by atoms with Crippen molar-refractivity contribution < 1.29 is 22.4 Å². The number of hydrogen-bond acceptors (Lipinski definition) is 2. The third-order valence-corrected chi connectivity index (χ3v) is 2.41. The zero-order valence-corrected chi connectivity index (χ0v) is 9.49. The van der Waals surface area contributed by atoms with Gasteiger partial charge in [-0.3, -0.25) is 9.48 Å². The summed E-state index contributed by atoms with van der Waals surface area (Å²) in [5, 5.41) is 3.67. The van der Waals surface area contributed by atoms with Crippen LogP contribution in [0.15, 0.2) is 36.7 Å². The standard InChI is InChI=1S/C12H8F4N2O/c13-10-3-1-8(2-4-10)6-18-7-9(5-17-18)11(19)12(14,15)16/h1-5,7H,6H2. The molecule has 0 radical (unpaired) electrons. The molecular weight excluding hydrogens is 264 g/mol. The van der Waals surface area contributed by atoms with Crippen LogP contribution in [0.2, 0.25) is 0 Å². The smallest absolute Gasteiger partial charge is 0.284 e. The van der Waals surface area contributed by atoms with Crippen LogP contribution in [0.5, 0.6) is 0 Å². The molecule has 19 heavy (non-hydrogen) atoms. The van der Waals surface area contributed by atoms with E-state index in [0.29, 0.717) is 5.56 Å². The van der Waals surface area contributed by atoms with E-state index in [9.17, 15) is 22.4 Å². The number of nitrogens with zero attached hydrogens (tertiary/aromatic N) is 2. The number of benzene rings is 1. The van der Waals surface area contributed by atoms with Gasteiger partial charge in [0.2, 0.25) is 0 Å². The van der Waals surface area contributed by atoms with Gasteiger partial charge >= 0.3 is 6.18 Å². The second kappa shape index (κ2) is 4.83. The van der Waals surface area contributed by atoms with Crippen LogP contribution in [0, 0.1) is 5.82 Å². The molecule has 0 bridgehead atoms. The molecule has 0 fully saturated rings. The lowest BCUT2D eigenvalue weighted by atomic mass is 10.2. The topological polar surface area (TPSA) is 34.9 Å². The number of carbonyl (C=O) groups is 1. The zero-order valence-electron chi connectivity index (χ0n) is 9.49. The minimum Gasteiger partial charge on any atom is -0.284 e. The van der Waals surface area contributed by atoms with Gasteiger partial charge in [-0.1, -0.05) is 12.1 Å². The average molecular weight is 272 g/mol. The Kier molecular flexibility index (Phi) is 3.37. The van der Waals surface area contributed by atoms with Gasteiger partial charge in [0.15, 0.2) is 0 Å². The van der Waals surface area contributed by atoms with Crippen molar-refractivity contribution in [2.24, 2.45) is 0 Å². The summed E-state index contributed by atoms with van der Waals surface area (Å²) in [5.41, 5.74) is 0.144. The highest BCUT2D eigenvalue weighted by atomic mass is 19.4. The van der Waals surface area contributed by atoms with E-state index < -0.39 is 23.3 Å². The van der Waals surface area contributed by atoms with Gasteiger partial charge in [0, 0.05) is 6.20 Å². The molecule has 0 unspecified atom stereocenters. The number of rotatable bonds is 3. The average Bonchev–Trinajstić information content (AvgIpc) is 2.78. The molecule has 2 aromatic rings. The summed E-state index contributed by atoms with van der Waals surface area (Å²) in [6.45, 7) is 0.158. The SMILES string of the molecule is O=C(c1cnn(Cc2ccc(F)cc2)c1)C(F)(F)F. The van der Waals surface area contributed by atoms with Crippen molar-refractivity contribution in [1.29, 1.82) is 0 Å². The van der Waals surface area contributed by atoms with Gasteiger partial charge in [-0.15, -0.1) is 0 Å². The van der Waals surface area contributed by atoms with Crippen molar-refractivity contribution in [3.8, 4) is 0 Å². The molecule has 0 aliphatic heterocycles. The summed E-state index contributed by atoms with van der Waals surface area (Å²) in [4.78, 5) is 10.9. The lowest BCUT2D eigenvalue weighted by Gasteiger charge is -2.02. The van der Waals surface area contributed by atoms with Gasteiger partial charge in [0.25, 0.3) is 5.78 Å². The van der Waals surface area contributed by atoms with Gasteiger partial charge < -0.3 is 0 Å². The first-order valence-corrected chi connectivity index (χ1v) is 5.24. The molecule has 0 atom stereocenters. The molecule has 1 aromatic heterocycles. The normalized spacial score (nSPS) is 11.6. The van der Waals surface area contributed by atoms with Crippen molar-refractivity contribution in [3.63, 3.8) is 0 Å². The van der Waals surface area contributed by atoms with Crippen molar-refractivity contribution >= 4 is 5.78 Å². The summed E-state index contributed by atoms with van der Waals surface area (Å²) < 4.78 is 50.4. The van der Waals surface area contributed by atoms with E-state index in [4.69, 9.17) is 0 Å². The molecule has 0 aliphatic rings. The minimum absolute atomic E-state index is 0.158. The van der Waals surface area contributed by atoms with E-state index >= 15 is 0 Å². The molecule has 2 rings (SSSR count). The largest absolute Gasteiger partial charge is 0.454 e. The Morgan fingerprint density at radius 3 is 2.42 bits per heavy atom. The maximum absolute atomic E-state index is 12.7. The molecule has 100 valence electrons. The van der Waals surface area contributed by atoms with Crippen molar-refractivity contribution in [1.82, 2.24) is 9.78 Å². The van der Waals surface area contributed by atoms with E-state index in [2.05, 4.69) is 5.10 Å². The molecule has 0 N–H and O–H groups in total. The van der Waals surface area contributed by atoms with Crippen LogP contribution in [0.4, 0.5) is 17.6 Å². The number of ketones is 1. The molecule has 0 aliphatic carbocycles. The highest BCUT2D eigenvalue weighted by Gasteiger charge is 2.39. The second-order valence-corrected chi connectivity index (χ2v) is 3.88. The third kappa shape index (κ3) is 3.18. The quantitative estimate of drug-likeness (QED) is 0.636. The summed E-state index contributed by atoms with van der Waals surface area (Å²) in [7, 11) is 0. The Morgan fingerprint density at radius 2 is 1.84 bits per heavy atom. The highest BCUT2D eigenvalue weighted by Crippen LogP contribution is 2.21. The van der Waals surface area contributed by atoms with Gasteiger partial charge in [0.05, 0.1) is 18.3 Å². The van der Waals surface area contributed by atoms with Gasteiger partial charge in [-0.05, 0) is 17.7 Å². The lowest BCUT2D eigenvalue weighted by molar-refractivity contribution is -0.0885. The monoisotopic (exact) mass is 272 g/mol. The molecule has 1 aromatic carbocycles. The van der Waals surface area contributed by atoms with Crippen molar-refractivity contribution in [3.05, 3.63) is 53.6 Å². The van der Waals surface area contributed by atoms with Gasteiger partial charge in [-0.2, -0.15) is 18.3 Å². The third-order valence-electron chi connectivity index (χ3n) is 2.41. The maximum Gasteiger partial charge on any atom is 0.454 e. The Bertz CT molecular complexity index is 587. The maximum atomic E-state index is 12.7. The van der Waals surface area contributed by atoms with Crippen molar-refractivity contribution in [2.45, 2.75) is 12.7 Å². The summed E-state index contributed by atoms with van der Waals surface area (Å²) in [5.74, 6) is -2.34. The Hall–Kier alpha value is -2.18. The molecule has 1 heterocycles. The summed E-state index contributed by atoms with van der Waals surface area (Å²) >= 11 is 0. The van der Waals surface area contributed by atoms with Crippen LogP contribution in [-0.2, 0) is 6.54 Å². The highest BCUT2D eigenvalue weighted by molar-refractivity contribution is 5.99. The molecule has 0 amide bonds. The van der Waals surface area contributed by atoms with E-state index in [1.165, 1.54) is 28.9 Å². The Balaban J connectivity index is 2.14. The fraction of sp³-hybridized carbons (Fsp3) is 0.167. The van der Waals surface area contributed by atoms with Crippen molar-refractivity contribution in [2.75, 3.05) is 0 Å². The molecule has 3 nitrogen and oxygen atoms in total. The van der Waals surface area contributed by atoms with Crippen LogP contribution >= 0.6 is 0 Å². The first kappa shape index (κ1) is 13.3. The van der Waals surface area contributed by atoms with Crippen LogP contribution in [0.3, 0.4) is 0 Å². The number of alkyl halides is 3. The number of carbonyl (C=O) groups excluding carboxylic acids is 1. The molecule has 0 spiro atoms. The summed E-state index contributed by atoms with van der Waals surface area (Å²) in [6, 6.07) is 5.45. The molecular formula is C12H8F4N2O. The second-order valence-electron chi connectivity index (χ2n) is 3.88. The Labute approximate surface area is 105 Å². The van der Waals surface area contributed by atoms with E-state index in [1.54, 1.807) is 0 Å². The van der Waals surface area contributed by atoms with Crippen LogP contribution < -0.4 is 0 Å². The Morgan fingerprint density at radius 1 is 1.21 bits per heavy atom. The lowest BCUT2D eigenvalue weighted by Crippen LogP contribution is -2.22. The molecule has 0 saturated carbocycles. The number of aromatic nitrogens is 2. The number of hydrogen-bond donors (Lipinski definition) is 0. The first-order chi connectivity index (χ1) is 8.86. The van der Waals surface area contributed by atoms with Crippen LogP contribution in [0.25, 0.3) is 0 Å². The predicted octanol–water partition coefficient (Wildman–Crippen LogP) is 2.82. The zero-order chi connectivity index (χ0) is 14.0. The minimum atomic E-state index is -4.91. The van der Waals surface area contributed by atoms with E-state index in [1.807, 2.05) is 0 Å².